The summed E-state index contributed by atoms with van der Waals surface area (Å²) in [6.07, 6.45) is 14.9. The van der Waals surface area contributed by atoms with Gasteiger partial charge in [0.2, 0.25) is 0 Å². The third-order valence-electron chi connectivity index (χ3n) is 5.05. The van der Waals surface area contributed by atoms with Crippen LogP contribution in [0, 0.1) is 0 Å². The molecule has 0 aliphatic heterocycles. The number of hydrogen-bond acceptors (Lipinski definition) is 0. The maximum Gasteiger partial charge on any atom is -0.00106 e. The monoisotopic (exact) mass is 326 g/mol. The third kappa shape index (κ3) is 3.30. The predicted octanol–water partition coefficient (Wildman–Crippen LogP) is 6.98. The van der Waals surface area contributed by atoms with E-state index in [0.717, 1.165) is 12.8 Å². The molecule has 0 unspecified atom stereocenters. The Kier molecular flexibility index (Phi) is 5.19. The second kappa shape index (κ2) is 7.53. The van der Waals surface area contributed by atoms with Crippen LogP contribution in [0.5, 0.6) is 0 Å². The Bertz CT molecular complexity index is 930. The smallest absolute Gasteiger partial charge is 0.00106 e. The highest BCUT2D eigenvalue weighted by molar-refractivity contribution is 5.99. The van der Waals surface area contributed by atoms with Gasteiger partial charge in [-0.25, -0.2) is 0 Å². The van der Waals surface area contributed by atoms with Gasteiger partial charge in [0.1, 0.15) is 0 Å². The molecule has 1 aliphatic carbocycles. The van der Waals surface area contributed by atoms with Crippen LogP contribution in [0.3, 0.4) is 0 Å². The van der Waals surface area contributed by atoms with Crippen LogP contribution in [0.4, 0.5) is 0 Å². The molecule has 126 valence electrons. The average Bonchev–Trinajstić information content (AvgIpc) is 3.00. The van der Waals surface area contributed by atoms with Crippen LogP contribution in [-0.2, 0) is 12.8 Å². The molecule has 25 heavy (non-hydrogen) atoms. The van der Waals surface area contributed by atoms with Crippen molar-refractivity contribution in [3.8, 4) is 0 Å². The number of hydrogen-bond donors (Lipinski definition) is 0. The van der Waals surface area contributed by atoms with Crippen molar-refractivity contribution in [2.75, 3.05) is 0 Å². The van der Waals surface area contributed by atoms with Crippen molar-refractivity contribution in [1.29, 1.82) is 0 Å². The summed E-state index contributed by atoms with van der Waals surface area (Å²) in [5.41, 5.74) is 8.24. The highest BCUT2D eigenvalue weighted by atomic mass is 14.3. The first kappa shape index (κ1) is 17.2. The van der Waals surface area contributed by atoms with E-state index in [1.165, 1.54) is 44.2 Å². The fourth-order valence-electron chi connectivity index (χ4n) is 3.61. The van der Waals surface area contributed by atoms with Gasteiger partial charge in [0.05, 0.1) is 0 Å². The van der Waals surface area contributed by atoms with Crippen LogP contribution < -0.4 is 0 Å². The summed E-state index contributed by atoms with van der Waals surface area (Å²) in [6, 6.07) is 11.2. The minimum atomic E-state index is 0.950. The normalized spacial score (nSPS) is 17.8. The molecule has 0 bridgehead atoms. The minimum Gasteiger partial charge on any atom is -0.0990 e. The Labute approximate surface area is 151 Å². The van der Waals surface area contributed by atoms with E-state index >= 15 is 0 Å². The number of allylic oxidation sites excluding steroid dienone is 9. The molecule has 0 radical (unpaired) electrons. The van der Waals surface area contributed by atoms with Gasteiger partial charge < -0.3 is 0 Å². The molecule has 0 heterocycles. The SMILES string of the molecule is C=C/C=C1\C(=C/C)Cc2c1cc(C/C=C\C(C)=C/C)c1ccccc21. The molecular formula is C25H26. The highest BCUT2D eigenvalue weighted by Crippen LogP contribution is 2.42. The second-order valence-electron chi connectivity index (χ2n) is 6.55. The molecule has 0 nitrogen and oxygen atoms in total. The first-order chi connectivity index (χ1) is 12.2. The molecule has 0 saturated carbocycles. The molecule has 0 amide bonds. The molecule has 2 aromatic carbocycles. The van der Waals surface area contributed by atoms with E-state index in [4.69, 9.17) is 0 Å². The standard InChI is InChI=1S/C25H26/c1-5-11-21-19(7-3)16-25-23-15-9-8-14-22(23)20(17-24(21)25)13-10-12-18(4)6-2/h5-12,14-15,17H,1,13,16H2,2-4H3/b12-10-,18-6-,19-7-,21-11+. The van der Waals surface area contributed by atoms with Gasteiger partial charge in [0, 0.05) is 0 Å². The van der Waals surface area contributed by atoms with Gasteiger partial charge in [0.25, 0.3) is 0 Å². The third-order valence-corrected chi connectivity index (χ3v) is 5.05. The maximum absolute atomic E-state index is 3.91. The summed E-state index contributed by atoms with van der Waals surface area (Å²) in [5, 5.41) is 2.76. The van der Waals surface area contributed by atoms with Gasteiger partial charge in [-0.15, -0.1) is 0 Å². The molecule has 0 saturated heterocycles. The van der Waals surface area contributed by atoms with Crippen LogP contribution in [0.1, 0.15) is 37.5 Å². The zero-order chi connectivity index (χ0) is 17.8. The Hall–Kier alpha value is -2.60. The molecule has 0 N–H and O–H groups in total. The van der Waals surface area contributed by atoms with Gasteiger partial charge in [-0.3, -0.25) is 0 Å². The summed E-state index contributed by atoms with van der Waals surface area (Å²) >= 11 is 0. The van der Waals surface area contributed by atoms with E-state index in [1.54, 1.807) is 0 Å². The van der Waals surface area contributed by atoms with Gasteiger partial charge >= 0.3 is 0 Å². The quantitative estimate of drug-likeness (QED) is 0.532. The molecule has 0 aromatic heterocycles. The van der Waals surface area contributed by atoms with Crippen molar-refractivity contribution in [2.45, 2.75) is 33.6 Å². The first-order valence-electron chi connectivity index (χ1n) is 9.01. The van der Waals surface area contributed by atoms with Gasteiger partial charge in [-0.05, 0) is 78.3 Å². The largest absolute Gasteiger partial charge is 0.0990 e. The van der Waals surface area contributed by atoms with E-state index < -0.39 is 0 Å². The molecule has 2 aromatic rings. The lowest BCUT2D eigenvalue weighted by molar-refractivity contribution is 1.25. The molecular weight excluding hydrogens is 300 g/mol. The van der Waals surface area contributed by atoms with Gasteiger partial charge in [0.15, 0.2) is 0 Å². The van der Waals surface area contributed by atoms with E-state index in [9.17, 15) is 0 Å². The average molecular weight is 326 g/mol. The van der Waals surface area contributed by atoms with Crippen LogP contribution in [-0.4, -0.2) is 0 Å². The summed E-state index contributed by atoms with van der Waals surface area (Å²) in [5.74, 6) is 0. The summed E-state index contributed by atoms with van der Waals surface area (Å²) < 4.78 is 0. The van der Waals surface area contributed by atoms with E-state index in [2.05, 4.69) is 88.1 Å². The molecule has 0 atom stereocenters. The molecule has 0 spiro atoms. The fraction of sp³-hybridized carbons (Fsp3) is 0.200. The van der Waals surface area contributed by atoms with Crippen LogP contribution in [0.15, 0.2) is 84.5 Å². The lowest BCUT2D eigenvalue weighted by Crippen LogP contribution is -1.92. The summed E-state index contributed by atoms with van der Waals surface area (Å²) in [4.78, 5) is 0. The zero-order valence-corrected chi connectivity index (χ0v) is 15.5. The Morgan fingerprint density at radius 2 is 1.92 bits per heavy atom. The van der Waals surface area contributed by atoms with E-state index in [1.807, 2.05) is 6.08 Å². The lowest BCUT2D eigenvalue weighted by atomic mass is 9.93. The zero-order valence-electron chi connectivity index (χ0n) is 15.5. The predicted molar refractivity (Wildman–Crippen MR) is 112 cm³/mol. The molecule has 1 aliphatic rings. The molecule has 0 fully saturated rings. The number of benzene rings is 2. The fourth-order valence-corrected chi connectivity index (χ4v) is 3.61. The molecule has 0 heteroatoms. The maximum atomic E-state index is 3.91. The van der Waals surface area contributed by atoms with Crippen molar-refractivity contribution in [3.05, 3.63) is 101 Å². The first-order valence-corrected chi connectivity index (χ1v) is 9.01. The van der Waals surface area contributed by atoms with Crippen LogP contribution >= 0.6 is 0 Å². The van der Waals surface area contributed by atoms with Crippen molar-refractivity contribution >= 4 is 16.3 Å². The summed E-state index contributed by atoms with van der Waals surface area (Å²) in [6.45, 7) is 10.3. The minimum absolute atomic E-state index is 0.950. The highest BCUT2D eigenvalue weighted by Gasteiger charge is 2.23. The lowest BCUT2D eigenvalue weighted by Gasteiger charge is -2.11. The van der Waals surface area contributed by atoms with Gasteiger partial charge in [-0.2, -0.15) is 0 Å². The Morgan fingerprint density at radius 1 is 1.16 bits per heavy atom. The van der Waals surface area contributed by atoms with Crippen molar-refractivity contribution in [1.82, 2.24) is 0 Å². The van der Waals surface area contributed by atoms with Crippen molar-refractivity contribution in [2.24, 2.45) is 0 Å². The number of rotatable bonds is 4. The van der Waals surface area contributed by atoms with E-state index in [-0.39, 0.29) is 0 Å². The molecule has 3 rings (SSSR count). The van der Waals surface area contributed by atoms with Crippen LogP contribution in [0.25, 0.3) is 16.3 Å². The van der Waals surface area contributed by atoms with Gasteiger partial charge in [-0.1, -0.05) is 72.9 Å². The van der Waals surface area contributed by atoms with Crippen molar-refractivity contribution in [3.63, 3.8) is 0 Å². The Morgan fingerprint density at radius 3 is 2.60 bits per heavy atom. The topological polar surface area (TPSA) is 0 Å². The number of fused-ring (bicyclic) bond motifs is 3. The Balaban J connectivity index is 2.17. The van der Waals surface area contributed by atoms with Crippen LogP contribution in [0.2, 0.25) is 0 Å². The second-order valence-corrected chi connectivity index (χ2v) is 6.55. The van der Waals surface area contributed by atoms with E-state index in [0.29, 0.717) is 0 Å². The summed E-state index contributed by atoms with van der Waals surface area (Å²) in [7, 11) is 0. The van der Waals surface area contributed by atoms with Crippen molar-refractivity contribution < 1.29 is 0 Å².